The zero-order valence-corrected chi connectivity index (χ0v) is 16.9. The zero-order chi connectivity index (χ0) is 21.8. The van der Waals surface area contributed by atoms with Gasteiger partial charge in [-0.05, 0) is 48.5 Å². The second-order valence-corrected chi connectivity index (χ2v) is 6.55. The van der Waals surface area contributed by atoms with Crippen LogP contribution in [-0.2, 0) is 0 Å². The van der Waals surface area contributed by atoms with Crippen molar-refractivity contribution in [1.29, 1.82) is 0 Å². The molecule has 0 saturated carbocycles. The third-order valence-corrected chi connectivity index (χ3v) is 4.59. The molecule has 0 radical (unpaired) electrons. The van der Waals surface area contributed by atoms with Crippen LogP contribution in [0.5, 0.6) is 11.8 Å². The molecule has 1 heterocycles. The minimum absolute atomic E-state index is 0.0205. The molecule has 1 aromatic heterocycles. The van der Waals surface area contributed by atoms with Crippen LogP contribution in [0.3, 0.4) is 0 Å². The Kier molecular flexibility index (Phi) is 5.61. The minimum Gasteiger partial charge on any atom is -0.497 e. The number of ether oxygens (including phenoxy) is 2. The second kappa shape index (κ2) is 8.66. The molecule has 0 bridgehead atoms. The van der Waals surface area contributed by atoms with Crippen molar-refractivity contribution in [3.8, 4) is 28.8 Å². The summed E-state index contributed by atoms with van der Waals surface area (Å²) >= 11 is 0. The van der Waals surface area contributed by atoms with Gasteiger partial charge in [-0.2, -0.15) is 4.98 Å². The molecule has 31 heavy (non-hydrogen) atoms. The Morgan fingerprint density at radius 2 is 1.74 bits per heavy atom. The standard InChI is InChI=1S/C23H19FN4O3/c1-30-18-7-5-6-15(14-18)21-26-23(31-2)27-28(21)17-12-10-16(11-13-17)25-22(29)19-8-3-4-9-20(19)24/h3-14H,1-2H3,(H,25,29). The number of benzene rings is 3. The van der Waals surface area contributed by atoms with Gasteiger partial charge in [0.2, 0.25) is 0 Å². The van der Waals surface area contributed by atoms with Gasteiger partial charge in [-0.25, -0.2) is 9.07 Å². The van der Waals surface area contributed by atoms with Gasteiger partial charge in [0, 0.05) is 11.3 Å². The van der Waals surface area contributed by atoms with E-state index in [0.717, 1.165) is 5.56 Å². The van der Waals surface area contributed by atoms with Crippen LogP contribution in [0.4, 0.5) is 10.1 Å². The summed E-state index contributed by atoms with van der Waals surface area (Å²) < 4.78 is 26.0. The first kappa shape index (κ1) is 20.1. The van der Waals surface area contributed by atoms with Crippen molar-refractivity contribution in [1.82, 2.24) is 14.8 Å². The molecule has 156 valence electrons. The number of anilines is 1. The van der Waals surface area contributed by atoms with Gasteiger partial charge in [0.25, 0.3) is 5.91 Å². The first-order valence-corrected chi connectivity index (χ1v) is 9.41. The van der Waals surface area contributed by atoms with Crippen molar-refractivity contribution in [3.63, 3.8) is 0 Å². The van der Waals surface area contributed by atoms with Crippen LogP contribution < -0.4 is 14.8 Å². The predicted octanol–water partition coefficient (Wildman–Crippen LogP) is 4.34. The number of hydrogen-bond acceptors (Lipinski definition) is 5. The van der Waals surface area contributed by atoms with Crippen LogP contribution in [0.1, 0.15) is 10.4 Å². The van der Waals surface area contributed by atoms with E-state index in [2.05, 4.69) is 15.4 Å². The van der Waals surface area contributed by atoms with Gasteiger partial charge in [-0.3, -0.25) is 4.79 Å². The summed E-state index contributed by atoms with van der Waals surface area (Å²) in [6.07, 6.45) is 0. The molecular formula is C23H19FN4O3. The highest BCUT2D eigenvalue weighted by atomic mass is 19.1. The van der Waals surface area contributed by atoms with Gasteiger partial charge >= 0.3 is 6.01 Å². The third-order valence-electron chi connectivity index (χ3n) is 4.59. The highest BCUT2D eigenvalue weighted by Crippen LogP contribution is 2.27. The predicted molar refractivity (Wildman–Crippen MR) is 114 cm³/mol. The highest BCUT2D eigenvalue weighted by molar-refractivity contribution is 6.04. The van der Waals surface area contributed by atoms with E-state index in [0.29, 0.717) is 22.9 Å². The summed E-state index contributed by atoms with van der Waals surface area (Å²) in [6, 6.07) is 20.4. The number of nitrogens with zero attached hydrogens (tertiary/aromatic N) is 3. The van der Waals surface area contributed by atoms with Gasteiger partial charge in [-0.1, -0.05) is 24.3 Å². The van der Waals surface area contributed by atoms with Crippen LogP contribution in [-0.4, -0.2) is 34.9 Å². The molecule has 4 rings (SSSR count). The summed E-state index contributed by atoms with van der Waals surface area (Å²) in [7, 11) is 3.09. The molecule has 1 N–H and O–H groups in total. The Bertz CT molecular complexity index is 1220. The molecular weight excluding hydrogens is 399 g/mol. The lowest BCUT2D eigenvalue weighted by molar-refractivity contribution is 0.102. The second-order valence-electron chi connectivity index (χ2n) is 6.55. The van der Waals surface area contributed by atoms with Crippen molar-refractivity contribution in [2.75, 3.05) is 19.5 Å². The van der Waals surface area contributed by atoms with Crippen LogP contribution in [0, 0.1) is 5.82 Å². The SMILES string of the molecule is COc1cccc(-c2nc(OC)nn2-c2ccc(NC(=O)c3ccccc3F)cc2)c1. The number of halogens is 1. The Morgan fingerprint density at radius 3 is 2.45 bits per heavy atom. The Labute approximate surface area is 178 Å². The number of carbonyl (C=O) groups is 1. The lowest BCUT2D eigenvalue weighted by Gasteiger charge is -2.09. The quantitative estimate of drug-likeness (QED) is 0.504. The van der Waals surface area contributed by atoms with Gasteiger partial charge in [0.15, 0.2) is 5.82 Å². The van der Waals surface area contributed by atoms with Crippen LogP contribution >= 0.6 is 0 Å². The molecule has 0 fully saturated rings. The molecule has 0 aliphatic heterocycles. The average Bonchev–Trinajstić information content (AvgIpc) is 3.24. The summed E-state index contributed by atoms with van der Waals surface area (Å²) in [6.45, 7) is 0. The molecule has 7 nitrogen and oxygen atoms in total. The van der Waals surface area contributed by atoms with E-state index in [1.165, 1.54) is 25.3 Å². The maximum absolute atomic E-state index is 13.8. The Balaban J connectivity index is 1.63. The van der Waals surface area contributed by atoms with Crippen molar-refractivity contribution in [2.45, 2.75) is 0 Å². The smallest absolute Gasteiger partial charge is 0.336 e. The van der Waals surface area contributed by atoms with E-state index < -0.39 is 11.7 Å². The molecule has 0 spiro atoms. The number of aromatic nitrogens is 3. The lowest BCUT2D eigenvalue weighted by atomic mass is 10.2. The van der Waals surface area contributed by atoms with Crippen molar-refractivity contribution < 1.29 is 18.7 Å². The number of methoxy groups -OCH3 is 2. The van der Waals surface area contributed by atoms with Crippen LogP contribution in [0.15, 0.2) is 72.8 Å². The maximum Gasteiger partial charge on any atom is 0.336 e. The maximum atomic E-state index is 13.8. The van der Waals surface area contributed by atoms with Crippen LogP contribution in [0.2, 0.25) is 0 Å². The monoisotopic (exact) mass is 418 g/mol. The van der Waals surface area contributed by atoms with Crippen molar-refractivity contribution in [3.05, 3.63) is 84.2 Å². The highest BCUT2D eigenvalue weighted by Gasteiger charge is 2.16. The molecule has 0 unspecified atom stereocenters. The van der Waals surface area contributed by atoms with Gasteiger partial charge < -0.3 is 14.8 Å². The summed E-state index contributed by atoms with van der Waals surface area (Å²) in [5.41, 5.74) is 2.00. The first-order chi connectivity index (χ1) is 15.1. The van der Waals surface area contributed by atoms with Crippen LogP contribution in [0.25, 0.3) is 17.1 Å². The van der Waals surface area contributed by atoms with E-state index in [1.54, 1.807) is 42.1 Å². The van der Waals surface area contributed by atoms with E-state index in [9.17, 15) is 9.18 Å². The first-order valence-electron chi connectivity index (χ1n) is 9.41. The fourth-order valence-corrected chi connectivity index (χ4v) is 3.04. The largest absolute Gasteiger partial charge is 0.497 e. The lowest BCUT2D eigenvalue weighted by Crippen LogP contribution is -2.13. The van der Waals surface area contributed by atoms with Gasteiger partial charge in [-0.15, -0.1) is 5.10 Å². The molecule has 8 heteroatoms. The zero-order valence-electron chi connectivity index (χ0n) is 16.9. The third kappa shape index (κ3) is 4.23. The fourth-order valence-electron chi connectivity index (χ4n) is 3.04. The number of nitrogens with one attached hydrogen (secondary N) is 1. The number of hydrogen-bond donors (Lipinski definition) is 1. The molecule has 1 amide bonds. The Morgan fingerprint density at radius 1 is 0.968 bits per heavy atom. The Hall–Kier alpha value is -4.20. The molecule has 0 saturated heterocycles. The molecule has 3 aromatic carbocycles. The number of rotatable bonds is 6. The molecule has 0 atom stereocenters. The minimum atomic E-state index is -0.575. The average molecular weight is 418 g/mol. The summed E-state index contributed by atoms with van der Waals surface area (Å²) in [5.74, 6) is 0.163. The van der Waals surface area contributed by atoms with Crippen molar-refractivity contribution in [2.24, 2.45) is 0 Å². The summed E-state index contributed by atoms with van der Waals surface area (Å²) in [5, 5.41) is 7.08. The van der Waals surface area contributed by atoms with E-state index in [1.807, 2.05) is 24.3 Å². The number of carbonyl (C=O) groups excluding carboxylic acids is 1. The molecule has 0 aliphatic carbocycles. The molecule has 4 aromatic rings. The van der Waals surface area contributed by atoms with Gasteiger partial charge in [0.05, 0.1) is 25.5 Å². The van der Waals surface area contributed by atoms with Gasteiger partial charge in [0.1, 0.15) is 11.6 Å². The van der Waals surface area contributed by atoms with E-state index >= 15 is 0 Å². The van der Waals surface area contributed by atoms with E-state index in [-0.39, 0.29) is 11.6 Å². The van der Waals surface area contributed by atoms with Crippen molar-refractivity contribution >= 4 is 11.6 Å². The molecule has 0 aliphatic rings. The topological polar surface area (TPSA) is 78.3 Å². The normalized spacial score (nSPS) is 10.5. The number of amides is 1. The fraction of sp³-hybridized carbons (Fsp3) is 0.0870. The summed E-state index contributed by atoms with van der Waals surface area (Å²) in [4.78, 5) is 16.8. The van der Waals surface area contributed by atoms with E-state index in [4.69, 9.17) is 9.47 Å².